The van der Waals surface area contributed by atoms with Crippen LogP contribution in [0.15, 0.2) is 0 Å². The number of piperidine rings is 1. The maximum absolute atomic E-state index is 12.3. The van der Waals surface area contributed by atoms with Gasteiger partial charge in [-0.25, -0.2) is 0 Å². The fourth-order valence-corrected chi connectivity index (χ4v) is 2.75. The Hall–Kier alpha value is -0.320. The van der Waals surface area contributed by atoms with E-state index in [4.69, 9.17) is 10.5 Å². The average molecular weight is 263 g/mol. The first-order valence-electron chi connectivity index (χ1n) is 6.41. The molecule has 17 heavy (non-hydrogen) atoms. The van der Waals surface area contributed by atoms with Crippen LogP contribution >= 0.6 is 12.4 Å². The summed E-state index contributed by atoms with van der Waals surface area (Å²) in [7, 11) is 0. The third kappa shape index (κ3) is 3.57. The minimum absolute atomic E-state index is 0. The van der Waals surface area contributed by atoms with Gasteiger partial charge in [-0.05, 0) is 38.6 Å². The first kappa shape index (κ1) is 14.7. The van der Waals surface area contributed by atoms with Crippen LogP contribution in [0.25, 0.3) is 0 Å². The smallest absolute Gasteiger partial charge is 0.228 e. The van der Waals surface area contributed by atoms with Crippen molar-refractivity contribution < 1.29 is 9.53 Å². The molecular weight excluding hydrogens is 240 g/mol. The fraction of sp³-hybridized carbons (Fsp3) is 0.917. The molecule has 2 N–H and O–H groups in total. The summed E-state index contributed by atoms with van der Waals surface area (Å²) in [5.41, 5.74) is 5.61. The first-order valence-corrected chi connectivity index (χ1v) is 6.41. The molecule has 2 aliphatic heterocycles. The summed E-state index contributed by atoms with van der Waals surface area (Å²) in [6.07, 6.45) is 5.33. The van der Waals surface area contributed by atoms with Crippen molar-refractivity contribution in [1.82, 2.24) is 4.90 Å². The first-order chi connectivity index (χ1) is 7.83. The molecule has 2 fully saturated rings. The van der Waals surface area contributed by atoms with Crippen LogP contribution in [0.1, 0.15) is 32.1 Å². The van der Waals surface area contributed by atoms with Crippen molar-refractivity contribution in [2.75, 3.05) is 26.3 Å². The zero-order valence-electron chi connectivity index (χ0n) is 10.3. The van der Waals surface area contributed by atoms with Crippen molar-refractivity contribution in [3.63, 3.8) is 0 Å². The molecule has 0 spiro atoms. The molecule has 0 aromatic rings. The zero-order valence-corrected chi connectivity index (χ0v) is 11.1. The molecule has 4 nitrogen and oxygen atoms in total. The Bertz CT molecular complexity index is 243. The predicted octanol–water partition coefficient (Wildman–Crippen LogP) is 1.17. The second kappa shape index (κ2) is 7.19. The van der Waals surface area contributed by atoms with Gasteiger partial charge in [-0.2, -0.15) is 0 Å². The molecule has 0 aliphatic carbocycles. The van der Waals surface area contributed by atoms with Gasteiger partial charge in [0.05, 0.1) is 12.5 Å². The van der Waals surface area contributed by atoms with Crippen molar-refractivity contribution in [3.05, 3.63) is 0 Å². The lowest BCUT2D eigenvalue weighted by atomic mass is 9.96. The molecule has 5 heteroatoms. The number of hydrogen-bond acceptors (Lipinski definition) is 3. The van der Waals surface area contributed by atoms with Crippen molar-refractivity contribution in [1.29, 1.82) is 0 Å². The minimum atomic E-state index is 0. The van der Waals surface area contributed by atoms with Gasteiger partial charge in [-0.1, -0.05) is 0 Å². The Morgan fingerprint density at radius 3 is 2.82 bits per heavy atom. The SMILES string of the molecule is Cl.NCCC1CCCCN1C(=O)C1CCOC1. The van der Waals surface area contributed by atoms with Crippen molar-refractivity contribution in [2.45, 2.75) is 38.1 Å². The molecule has 1 amide bonds. The minimum Gasteiger partial charge on any atom is -0.381 e. The van der Waals surface area contributed by atoms with Gasteiger partial charge in [0.15, 0.2) is 0 Å². The van der Waals surface area contributed by atoms with E-state index in [0.717, 1.165) is 38.8 Å². The number of carbonyl (C=O) groups is 1. The van der Waals surface area contributed by atoms with Crippen LogP contribution in [0.5, 0.6) is 0 Å². The van der Waals surface area contributed by atoms with Gasteiger partial charge in [0.2, 0.25) is 5.91 Å². The van der Waals surface area contributed by atoms with Gasteiger partial charge in [-0.3, -0.25) is 4.79 Å². The van der Waals surface area contributed by atoms with Crippen LogP contribution in [0.4, 0.5) is 0 Å². The van der Waals surface area contributed by atoms with Gasteiger partial charge >= 0.3 is 0 Å². The molecule has 0 bridgehead atoms. The second-order valence-electron chi connectivity index (χ2n) is 4.82. The number of amides is 1. The molecule has 0 aromatic carbocycles. The molecule has 2 rings (SSSR count). The average Bonchev–Trinajstić information content (AvgIpc) is 2.83. The van der Waals surface area contributed by atoms with E-state index in [0.29, 0.717) is 25.1 Å². The highest BCUT2D eigenvalue weighted by Gasteiger charge is 2.32. The topological polar surface area (TPSA) is 55.6 Å². The number of hydrogen-bond donors (Lipinski definition) is 1. The van der Waals surface area contributed by atoms with E-state index >= 15 is 0 Å². The van der Waals surface area contributed by atoms with E-state index in [2.05, 4.69) is 4.90 Å². The van der Waals surface area contributed by atoms with Gasteiger partial charge < -0.3 is 15.4 Å². The largest absolute Gasteiger partial charge is 0.381 e. The van der Waals surface area contributed by atoms with Crippen LogP contribution in [0.3, 0.4) is 0 Å². The maximum Gasteiger partial charge on any atom is 0.228 e. The monoisotopic (exact) mass is 262 g/mol. The lowest BCUT2D eigenvalue weighted by Crippen LogP contribution is -2.47. The number of halogens is 1. The lowest BCUT2D eigenvalue weighted by molar-refractivity contribution is -0.139. The summed E-state index contributed by atoms with van der Waals surface area (Å²) >= 11 is 0. The zero-order chi connectivity index (χ0) is 11.4. The van der Waals surface area contributed by atoms with E-state index in [1.165, 1.54) is 6.42 Å². The molecule has 2 saturated heterocycles. The van der Waals surface area contributed by atoms with Crippen molar-refractivity contribution in [3.8, 4) is 0 Å². The highest BCUT2D eigenvalue weighted by molar-refractivity contribution is 5.85. The standard InChI is InChI=1S/C12H22N2O2.ClH/c13-6-4-11-3-1-2-7-14(11)12(15)10-5-8-16-9-10;/h10-11H,1-9,13H2;1H. The molecule has 0 saturated carbocycles. The highest BCUT2D eigenvalue weighted by Crippen LogP contribution is 2.24. The quantitative estimate of drug-likeness (QED) is 0.831. The number of rotatable bonds is 3. The summed E-state index contributed by atoms with van der Waals surface area (Å²) in [5, 5.41) is 0. The highest BCUT2D eigenvalue weighted by atomic mass is 35.5. The second-order valence-corrected chi connectivity index (χ2v) is 4.82. The van der Waals surface area contributed by atoms with Gasteiger partial charge in [-0.15, -0.1) is 12.4 Å². The van der Waals surface area contributed by atoms with Crippen LogP contribution < -0.4 is 5.73 Å². The summed E-state index contributed by atoms with van der Waals surface area (Å²) in [6.45, 7) is 2.95. The number of carbonyl (C=O) groups excluding carboxylic acids is 1. The van der Waals surface area contributed by atoms with Crippen LogP contribution in [0, 0.1) is 5.92 Å². The molecular formula is C12H23ClN2O2. The third-order valence-corrected chi connectivity index (χ3v) is 3.69. The van der Waals surface area contributed by atoms with Crippen molar-refractivity contribution in [2.24, 2.45) is 11.7 Å². The summed E-state index contributed by atoms with van der Waals surface area (Å²) in [6, 6.07) is 0.381. The van der Waals surface area contributed by atoms with E-state index < -0.39 is 0 Å². The number of likely N-dealkylation sites (tertiary alicyclic amines) is 1. The number of nitrogens with zero attached hydrogens (tertiary/aromatic N) is 1. The van der Waals surface area contributed by atoms with Crippen molar-refractivity contribution >= 4 is 18.3 Å². The normalized spacial score (nSPS) is 28.9. The van der Waals surface area contributed by atoms with E-state index in [1.54, 1.807) is 0 Å². The molecule has 0 aromatic heterocycles. The van der Waals surface area contributed by atoms with Gasteiger partial charge in [0, 0.05) is 19.2 Å². The number of ether oxygens (including phenoxy) is 1. The van der Waals surface area contributed by atoms with E-state index in [1.807, 2.05) is 0 Å². The molecule has 2 heterocycles. The Morgan fingerprint density at radius 1 is 1.35 bits per heavy atom. The predicted molar refractivity (Wildman–Crippen MR) is 69.2 cm³/mol. The summed E-state index contributed by atoms with van der Waals surface area (Å²) in [5.74, 6) is 0.411. The Kier molecular flexibility index (Phi) is 6.23. The Morgan fingerprint density at radius 2 is 2.18 bits per heavy atom. The Balaban J connectivity index is 0.00000144. The van der Waals surface area contributed by atoms with Crippen LogP contribution in [0.2, 0.25) is 0 Å². The Labute approximate surface area is 109 Å². The molecule has 2 atom stereocenters. The molecule has 2 unspecified atom stereocenters. The fourth-order valence-electron chi connectivity index (χ4n) is 2.75. The molecule has 0 radical (unpaired) electrons. The maximum atomic E-state index is 12.3. The third-order valence-electron chi connectivity index (χ3n) is 3.69. The number of nitrogens with two attached hydrogens (primary N) is 1. The lowest BCUT2D eigenvalue weighted by Gasteiger charge is -2.37. The summed E-state index contributed by atoms with van der Waals surface area (Å²) < 4.78 is 5.29. The van der Waals surface area contributed by atoms with E-state index in [9.17, 15) is 4.79 Å². The van der Waals surface area contributed by atoms with Crippen LogP contribution in [-0.4, -0.2) is 43.2 Å². The van der Waals surface area contributed by atoms with Gasteiger partial charge in [0.1, 0.15) is 0 Å². The molecule has 100 valence electrons. The van der Waals surface area contributed by atoms with Crippen LogP contribution in [-0.2, 0) is 9.53 Å². The van der Waals surface area contributed by atoms with Gasteiger partial charge in [0.25, 0.3) is 0 Å². The molecule has 2 aliphatic rings. The van der Waals surface area contributed by atoms with E-state index in [-0.39, 0.29) is 18.3 Å². The summed E-state index contributed by atoms with van der Waals surface area (Å²) in [4.78, 5) is 14.4.